The molecule has 3 N–H and O–H groups in total. The van der Waals surface area contributed by atoms with Crippen molar-refractivity contribution in [2.45, 2.75) is 32.4 Å². The summed E-state index contributed by atoms with van der Waals surface area (Å²) in [6.07, 6.45) is 0.336. The van der Waals surface area contributed by atoms with Gasteiger partial charge in [0.1, 0.15) is 0 Å². The number of nitrogens with two attached hydrogens (primary N) is 1. The van der Waals surface area contributed by atoms with Gasteiger partial charge in [-0.2, -0.15) is 0 Å². The van der Waals surface area contributed by atoms with Gasteiger partial charge in [0, 0.05) is 38.3 Å². The molecule has 0 unspecified atom stereocenters. The van der Waals surface area contributed by atoms with Gasteiger partial charge in [-0.15, -0.1) is 0 Å². The monoisotopic (exact) mass is 249 g/mol. The average Bonchev–Trinajstić information content (AvgIpc) is 2.24. The second kappa shape index (κ2) is 5.87. The van der Waals surface area contributed by atoms with Gasteiger partial charge < -0.3 is 16.0 Å². The van der Waals surface area contributed by atoms with E-state index in [-0.39, 0.29) is 5.91 Å². The summed E-state index contributed by atoms with van der Waals surface area (Å²) in [6, 6.07) is 8.11. The lowest BCUT2D eigenvalue weighted by molar-refractivity contribution is -0.122. The Balaban J connectivity index is 2.46. The fraction of sp³-hybridized carbons (Fsp3) is 0.500. The van der Waals surface area contributed by atoms with E-state index in [4.69, 9.17) is 5.73 Å². The Hall–Kier alpha value is -1.55. The Morgan fingerprint density at radius 3 is 2.28 bits per heavy atom. The molecule has 1 aromatic rings. The molecule has 0 bridgehead atoms. The molecule has 0 aliphatic carbocycles. The number of hydrogen-bond donors (Lipinski definition) is 2. The van der Waals surface area contributed by atoms with Gasteiger partial charge in [0.15, 0.2) is 0 Å². The number of anilines is 1. The van der Waals surface area contributed by atoms with Crippen molar-refractivity contribution in [2.75, 3.05) is 19.0 Å². The van der Waals surface area contributed by atoms with Gasteiger partial charge in [0.25, 0.3) is 0 Å². The van der Waals surface area contributed by atoms with Crippen molar-refractivity contribution in [3.05, 3.63) is 29.8 Å². The van der Waals surface area contributed by atoms with Crippen molar-refractivity contribution in [1.82, 2.24) is 5.32 Å². The summed E-state index contributed by atoms with van der Waals surface area (Å²) in [6.45, 7) is 4.24. The fourth-order valence-electron chi connectivity index (χ4n) is 1.59. The van der Waals surface area contributed by atoms with Crippen LogP contribution >= 0.6 is 0 Å². The minimum Gasteiger partial charge on any atom is -0.378 e. The van der Waals surface area contributed by atoms with Crippen LogP contribution in [-0.2, 0) is 11.3 Å². The molecule has 1 amide bonds. The fourth-order valence-corrected chi connectivity index (χ4v) is 1.59. The van der Waals surface area contributed by atoms with E-state index in [0.717, 1.165) is 11.3 Å². The third kappa shape index (κ3) is 5.19. The summed E-state index contributed by atoms with van der Waals surface area (Å²) in [4.78, 5) is 13.6. The Bertz CT molecular complexity index is 390. The number of carbonyl (C=O) groups is 1. The molecule has 0 heterocycles. The molecule has 0 atom stereocenters. The van der Waals surface area contributed by atoms with Gasteiger partial charge in [-0.3, -0.25) is 4.79 Å². The van der Waals surface area contributed by atoms with E-state index in [2.05, 4.69) is 5.32 Å². The first-order chi connectivity index (χ1) is 8.28. The molecule has 0 aliphatic rings. The van der Waals surface area contributed by atoms with Crippen LogP contribution in [0.3, 0.4) is 0 Å². The van der Waals surface area contributed by atoms with Crippen LogP contribution in [0.2, 0.25) is 0 Å². The zero-order valence-electron chi connectivity index (χ0n) is 11.7. The second-order valence-corrected chi connectivity index (χ2v) is 5.50. The molecule has 4 nitrogen and oxygen atoms in total. The van der Waals surface area contributed by atoms with E-state index in [0.29, 0.717) is 13.0 Å². The summed E-state index contributed by atoms with van der Waals surface area (Å²) in [5.74, 6) is -0.0146. The van der Waals surface area contributed by atoms with E-state index < -0.39 is 5.54 Å². The lowest BCUT2D eigenvalue weighted by atomic mass is 10.0. The largest absolute Gasteiger partial charge is 0.378 e. The van der Waals surface area contributed by atoms with Crippen molar-refractivity contribution < 1.29 is 4.79 Å². The molecule has 0 spiro atoms. The predicted octanol–water partition coefficient (Wildman–Crippen LogP) is 1.50. The topological polar surface area (TPSA) is 58.4 Å². The summed E-state index contributed by atoms with van der Waals surface area (Å²) < 4.78 is 0. The van der Waals surface area contributed by atoms with Gasteiger partial charge in [-0.05, 0) is 31.5 Å². The minimum absolute atomic E-state index is 0.0146. The van der Waals surface area contributed by atoms with E-state index in [1.54, 1.807) is 0 Å². The van der Waals surface area contributed by atoms with Crippen molar-refractivity contribution >= 4 is 11.6 Å². The highest BCUT2D eigenvalue weighted by Gasteiger charge is 2.15. The summed E-state index contributed by atoms with van der Waals surface area (Å²) in [5, 5.41) is 2.87. The molecule has 0 radical (unpaired) electrons. The first kappa shape index (κ1) is 14.5. The highest BCUT2D eigenvalue weighted by Crippen LogP contribution is 2.12. The van der Waals surface area contributed by atoms with Crippen LogP contribution in [0.15, 0.2) is 24.3 Å². The number of benzene rings is 1. The van der Waals surface area contributed by atoms with Gasteiger partial charge in [-0.1, -0.05) is 12.1 Å². The summed E-state index contributed by atoms with van der Waals surface area (Å²) in [7, 11) is 4.00. The number of rotatable bonds is 5. The van der Waals surface area contributed by atoms with Crippen molar-refractivity contribution in [3.63, 3.8) is 0 Å². The first-order valence-corrected chi connectivity index (χ1v) is 6.10. The standard InChI is InChI=1S/C14H23N3O/c1-14(2,15)9-13(18)16-10-11-5-7-12(8-6-11)17(3)4/h5-8H,9-10,15H2,1-4H3,(H,16,18). The van der Waals surface area contributed by atoms with Gasteiger partial charge in [-0.25, -0.2) is 0 Å². The third-order valence-electron chi connectivity index (χ3n) is 2.56. The quantitative estimate of drug-likeness (QED) is 0.831. The number of carbonyl (C=O) groups excluding carboxylic acids is 1. The van der Waals surface area contributed by atoms with Crippen LogP contribution in [0.25, 0.3) is 0 Å². The zero-order chi connectivity index (χ0) is 13.8. The van der Waals surface area contributed by atoms with Crippen molar-refractivity contribution in [1.29, 1.82) is 0 Å². The van der Waals surface area contributed by atoms with Crippen molar-refractivity contribution in [3.8, 4) is 0 Å². The molecule has 0 fully saturated rings. The minimum atomic E-state index is -0.459. The SMILES string of the molecule is CN(C)c1ccc(CNC(=O)CC(C)(C)N)cc1. The number of nitrogens with one attached hydrogen (secondary N) is 1. The predicted molar refractivity (Wildman–Crippen MR) is 75.5 cm³/mol. The third-order valence-corrected chi connectivity index (χ3v) is 2.56. The second-order valence-electron chi connectivity index (χ2n) is 5.50. The van der Waals surface area contributed by atoms with Crippen LogP contribution in [0.1, 0.15) is 25.8 Å². The molecule has 1 aromatic carbocycles. The number of nitrogens with zero attached hydrogens (tertiary/aromatic N) is 1. The smallest absolute Gasteiger partial charge is 0.222 e. The molecule has 0 aliphatic heterocycles. The molecule has 4 heteroatoms. The molecular weight excluding hydrogens is 226 g/mol. The van der Waals surface area contributed by atoms with Crippen LogP contribution in [0.5, 0.6) is 0 Å². The Labute approximate surface area is 109 Å². The van der Waals surface area contributed by atoms with Gasteiger partial charge in [0.2, 0.25) is 5.91 Å². The molecule has 0 saturated carbocycles. The molecule has 18 heavy (non-hydrogen) atoms. The van der Waals surface area contributed by atoms with Gasteiger partial charge in [0.05, 0.1) is 0 Å². The van der Waals surface area contributed by atoms with Gasteiger partial charge >= 0.3 is 0 Å². The van der Waals surface area contributed by atoms with E-state index in [9.17, 15) is 4.79 Å². The van der Waals surface area contributed by atoms with Crippen LogP contribution < -0.4 is 16.0 Å². The normalized spacial score (nSPS) is 11.2. The Morgan fingerprint density at radius 1 is 1.28 bits per heavy atom. The van der Waals surface area contributed by atoms with E-state index in [1.165, 1.54) is 0 Å². The molecule has 1 rings (SSSR count). The number of amides is 1. The first-order valence-electron chi connectivity index (χ1n) is 6.10. The maximum atomic E-state index is 11.6. The maximum Gasteiger partial charge on any atom is 0.222 e. The van der Waals surface area contributed by atoms with Crippen LogP contribution in [-0.4, -0.2) is 25.5 Å². The van der Waals surface area contributed by atoms with E-state index in [1.807, 2.05) is 57.1 Å². The highest BCUT2D eigenvalue weighted by molar-refractivity contribution is 5.77. The highest BCUT2D eigenvalue weighted by atomic mass is 16.1. The van der Waals surface area contributed by atoms with Crippen LogP contribution in [0, 0.1) is 0 Å². The maximum absolute atomic E-state index is 11.6. The van der Waals surface area contributed by atoms with Crippen molar-refractivity contribution in [2.24, 2.45) is 5.73 Å². The van der Waals surface area contributed by atoms with E-state index >= 15 is 0 Å². The zero-order valence-corrected chi connectivity index (χ0v) is 11.7. The lowest BCUT2D eigenvalue weighted by Crippen LogP contribution is -2.38. The lowest BCUT2D eigenvalue weighted by Gasteiger charge is -2.17. The van der Waals surface area contributed by atoms with Crippen LogP contribution in [0.4, 0.5) is 5.69 Å². The Morgan fingerprint density at radius 2 is 1.83 bits per heavy atom. The molecule has 0 saturated heterocycles. The molecule has 0 aromatic heterocycles. The molecular formula is C14H23N3O. The summed E-state index contributed by atoms with van der Waals surface area (Å²) >= 11 is 0. The molecule has 100 valence electrons. The summed E-state index contributed by atoms with van der Waals surface area (Å²) in [5.41, 5.74) is 7.57. The number of hydrogen-bond acceptors (Lipinski definition) is 3. The average molecular weight is 249 g/mol. The Kier molecular flexibility index (Phi) is 4.73.